The van der Waals surface area contributed by atoms with Crippen molar-refractivity contribution in [3.8, 4) is 23.0 Å². The number of methoxy groups -OCH3 is 2. The Labute approximate surface area is 138 Å². The van der Waals surface area contributed by atoms with Crippen molar-refractivity contribution < 1.29 is 18.7 Å². The molecule has 1 aromatic carbocycles. The number of hydrogen-bond donors (Lipinski definition) is 1. The van der Waals surface area contributed by atoms with E-state index in [0.29, 0.717) is 28.2 Å². The first-order valence-electron chi connectivity index (χ1n) is 6.97. The third kappa shape index (κ3) is 4.16. The van der Waals surface area contributed by atoms with Gasteiger partial charge < -0.3 is 19.6 Å². The number of thioether (sulfide) groups is 1. The number of carbonyl (C=O) groups excluding carboxylic acids is 1. The predicted molar refractivity (Wildman–Crippen MR) is 86.5 cm³/mol. The molecule has 1 aromatic heterocycles. The Morgan fingerprint density at radius 3 is 2.26 bits per heavy atom. The fraction of sp³-hybridized carbons (Fsp3) is 0.400. The van der Waals surface area contributed by atoms with Gasteiger partial charge in [-0.05, 0) is 18.1 Å². The molecule has 0 fully saturated rings. The molecule has 2 aromatic rings. The Hall–Kier alpha value is -2.22. The number of rotatable bonds is 7. The third-order valence-corrected chi connectivity index (χ3v) is 4.52. The largest absolute Gasteiger partial charge is 0.497 e. The van der Waals surface area contributed by atoms with Gasteiger partial charge >= 0.3 is 0 Å². The fourth-order valence-corrected chi connectivity index (χ4v) is 2.76. The Bertz CT molecular complexity index is 665. The van der Waals surface area contributed by atoms with E-state index in [-0.39, 0.29) is 5.92 Å². The summed E-state index contributed by atoms with van der Waals surface area (Å²) in [4.78, 5) is 11.5. The Morgan fingerprint density at radius 2 is 1.78 bits per heavy atom. The van der Waals surface area contributed by atoms with Crippen LogP contribution in [-0.4, -0.2) is 35.6 Å². The molecule has 0 aliphatic heterocycles. The van der Waals surface area contributed by atoms with Crippen LogP contribution in [-0.2, 0) is 4.79 Å². The zero-order valence-corrected chi connectivity index (χ0v) is 14.2. The van der Waals surface area contributed by atoms with Crippen LogP contribution in [0.15, 0.2) is 27.8 Å². The van der Waals surface area contributed by atoms with E-state index in [1.54, 1.807) is 32.4 Å². The van der Waals surface area contributed by atoms with Gasteiger partial charge in [-0.2, -0.15) is 0 Å². The van der Waals surface area contributed by atoms with Crippen molar-refractivity contribution >= 4 is 17.7 Å². The average Bonchev–Trinajstić information content (AvgIpc) is 3.00. The minimum atomic E-state index is -0.428. The maximum absolute atomic E-state index is 11.5. The summed E-state index contributed by atoms with van der Waals surface area (Å²) in [5.41, 5.74) is 6.06. The minimum absolute atomic E-state index is 0.0600. The van der Waals surface area contributed by atoms with Gasteiger partial charge in [0.15, 0.2) is 0 Å². The topological polar surface area (TPSA) is 100 Å². The summed E-state index contributed by atoms with van der Waals surface area (Å²) in [5.74, 6) is 1.20. The lowest BCUT2D eigenvalue weighted by Crippen LogP contribution is -2.30. The molecule has 1 amide bonds. The van der Waals surface area contributed by atoms with Crippen LogP contribution in [0.1, 0.15) is 13.8 Å². The maximum atomic E-state index is 11.5. The second kappa shape index (κ2) is 7.36. The van der Waals surface area contributed by atoms with Gasteiger partial charge in [0.25, 0.3) is 5.22 Å². The maximum Gasteiger partial charge on any atom is 0.277 e. The number of aromatic nitrogens is 2. The molecule has 7 nitrogen and oxygen atoms in total. The standard InChI is InChI=1S/C15H19N3O4S/c1-8(2)12(13(16)19)23-15-18-17-14(22-15)9-5-10(20-3)7-11(6-9)21-4/h5-8,12H,1-4H3,(H2,16,19). The first kappa shape index (κ1) is 17.1. The monoisotopic (exact) mass is 337 g/mol. The lowest BCUT2D eigenvalue weighted by Gasteiger charge is -2.13. The highest BCUT2D eigenvalue weighted by atomic mass is 32.2. The van der Waals surface area contributed by atoms with Gasteiger partial charge in [-0.1, -0.05) is 25.6 Å². The number of nitrogens with zero attached hydrogens (tertiary/aromatic N) is 2. The van der Waals surface area contributed by atoms with Crippen LogP contribution in [0.3, 0.4) is 0 Å². The number of carbonyl (C=O) groups is 1. The predicted octanol–water partition coefficient (Wildman–Crippen LogP) is 2.36. The summed E-state index contributed by atoms with van der Waals surface area (Å²) in [7, 11) is 3.13. The Kier molecular flexibility index (Phi) is 5.49. The van der Waals surface area contributed by atoms with Crippen molar-refractivity contribution in [1.82, 2.24) is 10.2 Å². The normalized spacial score (nSPS) is 12.2. The van der Waals surface area contributed by atoms with Crippen molar-refractivity contribution in [1.29, 1.82) is 0 Å². The van der Waals surface area contributed by atoms with Gasteiger partial charge in [0.1, 0.15) is 11.5 Å². The van der Waals surface area contributed by atoms with Gasteiger partial charge in [-0.15, -0.1) is 10.2 Å². The summed E-state index contributed by atoms with van der Waals surface area (Å²) < 4.78 is 16.1. The summed E-state index contributed by atoms with van der Waals surface area (Å²) in [5, 5.41) is 7.84. The third-order valence-electron chi connectivity index (χ3n) is 3.12. The molecule has 124 valence electrons. The van der Waals surface area contributed by atoms with E-state index < -0.39 is 11.2 Å². The average molecular weight is 337 g/mol. The highest BCUT2D eigenvalue weighted by molar-refractivity contribution is 8.00. The van der Waals surface area contributed by atoms with Crippen molar-refractivity contribution in [2.24, 2.45) is 11.7 Å². The van der Waals surface area contributed by atoms with E-state index in [1.165, 1.54) is 0 Å². The van der Waals surface area contributed by atoms with E-state index in [1.807, 2.05) is 13.8 Å². The van der Waals surface area contributed by atoms with E-state index in [4.69, 9.17) is 19.6 Å². The molecule has 0 saturated carbocycles. The molecule has 0 radical (unpaired) electrons. The highest BCUT2D eigenvalue weighted by Gasteiger charge is 2.24. The van der Waals surface area contributed by atoms with Crippen LogP contribution in [0.25, 0.3) is 11.5 Å². The molecule has 1 heterocycles. The Morgan fingerprint density at radius 1 is 1.17 bits per heavy atom. The molecular formula is C15H19N3O4S. The number of ether oxygens (including phenoxy) is 2. The molecule has 2 N–H and O–H groups in total. The molecule has 23 heavy (non-hydrogen) atoms. The second-order valence-electron chi connectivity index (χ2n) is 5.16. The number of amides is 1. The van der Waals surface area contributed by atoms with Gasteiger partial charge in [0.05, 0.1) is 19.5 Å². The van der Waals surface area contributed by atoms with Gasteiger partial charge in [-0.3, -0.25) is 4.79 Å². The molecule has 0 saturated heterocycles. The summed E-state index contributed by atoms with van der Waals surface area (Å²) in [6.07, 6.45) is 0. The smallest absolute Gasteiger partial charge is 0.277 e. The summed E-state index contributed by atoms with van der Waals surface area (Å²) in [6, 6.07) is 5.27. The lowest BCUT2D eigenvalue weighted by molar-refractivity contribution is -0.118. The number of benzene rings is 1. The molecular weight excluding hydrogens is 318 g/mol. The van der Waals surface area contributed by atoms with Gasteiger partial charge in [-0.25, -0.2) is 0 Å². The molecule has 1 atom stereocenters. The van der Waals surface area contributed by atoms with Crippen LogP contribution >= 0.6 is 11.8 Å². The first-order chi connectivity index (χ1) is 10.9. The van der Waals surface area contributed by atoms with E-state index in [0.717, 1.165) is 11.8 Å². The van der Waals surface area contributed by atoms with E-state index >= 15 is 0 Å². The van der Waals surface area contributed by atoms with Crippen molar-refractivity contribution in [3.05, 3.63) is 18.2 Å². The SMILES string of the molecule is COc1cc(OC)cc(-c2nnc(SC(C(N)=O)C(C)C)o2)c1. The summed E-state index contributed by atoms with van der Waals surface area (Å²) in [6.45, 7) is 3.82. The zero-order chi connectivity index (χ0) is 17.0. The number of primary amides is 1. The first-order valence-corrected chi connectivity index (χ1v) is 7.85. The molecule has 8 heteroatoms. The van der Waals surface area contributed by atoms with Crippen molar-refractivity contribution in [3.63, 3.8) is 0 Å². The van der Waals surface area contributed by atoms with Gasteiger partial charge in [0.2, 0.25) is 11.8 Å². The van der Waals surface area contributed by atoms with Gasteiger partial charge in [0, 0.05) is 11.6 Å². The molecule has 1 unspecified atom stereocenters. The van der Waals surface area contributed by atoms with Crippen LogP contribution in [0.5, 0.6) is 11.5 Å². The molecule has 0 aliphatic carbocycles. The van der Waals surface area contributed by atoms with Crippen molar-refractivity contribution in [2.45, 2.75) is 24.3 Å². The highest BCUT2D eigenvalue weighted by Crippen LogP contribution is 2.32. The van der Waals surface area contributed by atoms with Crippen LogP contribution in [0.4, 0.5) is 0 Å². The number of nitrogens with two attached hydrogens (primary N) is 1. The molecule has 0 aliphatic rings. The Balaban J connectivity index is 2.27. The zero-order valence-electron chi connectivity index (χ0n) is 13.4. The van der Waals surface area contributed by atoms with Crippen LogP contribution in [0.2, 0.25) is 0 Å². The van der Waals surface area contributed by atoms with Crippen molar-refractivity contribution in [2.75, 3.05) is 14.2 Å². The quantitative estimate of drug-likeness (QED) is 0.774. The van der Waals surface area contributed by atoms with Crippen LogP contribution in [0, 0.1) is 5.92 Å². The second-order valence-corrected chi connectivity index (χ2v) is 6.25. The van der Waals surface area contributed by atoms with Crippen LogP contribution < -0.4 is 15.2 Å². The summed E-state index contributed by atoms with van der Waals surface area (Å²) >= 11 is 1.16. The van der Waals surface area contributed by atoms with E-state index in [9.17, 15) is 4.79 Å². The molecule has 0 spiro atoms. The molecule has 2 rings (SSSR count). The van der Waals surface area contributed by atoms with E-state index in [2.05, 4.69) is 10.2 Å². The molecule has 0 bridgehead atoms. The lowest BCUT2D eigenvalue weighted by atomic mass is 10.1. The number of hydrogen-bond acceptors (Lipinski definition) is 7. The fourth-order valence-electron chi connectivity index (χ4n) is 1.94. The minimum Gasteiger partial charge on any atom is -0.497 e.